The van der Waals surface area contributed by atoms with Gasteiger partial charge in [-0.25, -0.2) is 9.97 Å². The van der Waals surface area contributed by atoms with Crippen LogP contribution in [0.3, 0.4) is 0 Å². The van der Waals surface area contributed by atoms with E-state index < -0.39 is 0 Å². The maximum atomic E-state index is 4.86. The highest BCUT2D eigenvalue weighted by Gasteiger charge is 2.38. The Morgan fingerprint density at radius 2 is 1.24 bits per heavy atom. The maximum Gasteiger partial charge on any atom is 0.128 e. The summed E-state index contributed by atoms with van der Waals surface area (Å²) in [6.07, 6.45) is 1.73. The lowest BCUT2D eigenvalue weighted by Gasteiger charge is -2.33. The fourth-order valence-electron chi connectivity index (χ4n) is 6.50. The fraction of sp³-hybridized carbons (Fsp3) is 0.282. The van der Waals surface area contributed by atoms with Crippen molar-refractivity contribution in [3.63, 3.8) is 0 Å². The summed E-state index contributed by atoms with van der Waals surface area (Å²) in [6.45, 7) is 18.5. The molecule has 0 atom stereocenters. The van der Waals surface area contributed by atoms with Crippen LogP contribution in [0.25, 0.3) is 53.8 Å². The Bertz CT molecular complexity index is 1980. The summed E-state index contributed by atoms with van der Waals surface area (Å²) in [5.41, 5.74) is 11.5. The van der Waals surface area contributed by atoms with E-state index in [2.05, 4.69) is 134 Å². The molecule has 3 heteroatoms. The van der Waals surface area contributed by atoms with Crippen molar-refractivity contribution in [2.45, 2.75) is 71.6 Å². The molecule has 1 aliphatic carbocycles. The van der Waals surface area contributed by atoms with Gasteiger partial charge in [0, 0.05) is 21.2 Å². The third-order valence-electron chi connectivity index (χ3n) is 9.07. The maximum absolute atomic E-state index is 4.86. The average molecular weight is 567 g/mol. The highest BCUT2D eigenvalue weighted by Crippen LogP contribution is 2.54. The van der Waals surface area contributed by atoms with Gasteiger partial charge < -0.3 is 0 Å². The van der Waals surface area contributed by atoms with Gasteiger partial charge in [0.2, 0.25) is 0 Å². The number of hydrogen-bond acceptors (Lipinski definition) is 3. The molecule has 0 N–H and O–H groups in total. The molecule has 0 spiro atoms. The number of aromatic nitrogens is 2. The van der Waals surface area contributed by atoms with E-state index in [0.29, 0.717) is 0 Å². The Kier molecular flexibility index (Phi) is 5.85. The van der Waals surface area contributed by atoms with Gasteiger partial charge in [0.1, 0.15) is 11.2 Å². The van der Waals surface area contributed by atoms with Gasteiger partial charge in [0.15, 0.2) is 0 Å². The predicted octanol–water partition coefficient (Wildman–Crippen LogP) is 11.1. The number of benzene rings is 4. The summed E-state index contributed by atoms with van der Waals surface area (Å²) in [7, 11) is 0. The van der Waals surface area contributed by atoms with Crippen LogP contribution in [-0.4, -0.2) is 9.97 Å². The molecule has 0 aliphatic heterocycles. The molecule has 2 nitrogen and oxygen atoms in total. The van der Waals surface area contributed by atoms with Gasteiger partial charge in [0.25, 0.3) is 0 Å². The fourth-order valence-corrected chi connectivity index (χ4v) is 7.81. The minimum Gasteiger partial charge on any atom is -0.236 e. The number of rotatable bonds is 2. The molecule has 42 heavy (non-hydrogen) atoms. The van der Waals surface area contributed by atoms with Crippen LogP contribution in [0.4, 0.5) is 0 Å². The first-order valence-corrected chi connectivity index (χ1v) is 15.7. The van der Waals surface area contributed by atoms with Gasteiger partial charge in [-0.3, -0.25) is 0 Å². The van der Waals surface area contributed by atoms with Gasteiger partial charge in [-0.15, -0.1) is 11.3 Å². The predicted molar refractivity (Wildman–Crippen MR) is 181 cm³/mol. The molecule has 0 saturated heterocycles. The summed E-state index contributed by atoms with van der Waals surface area (Å²) < 4.78 is 0. The lowest BCUT2D eigenvalue weighted by molar-refractivity contribution is 0.569. The Hall–Kier alpha value is -3.82. The monoisotopic (exact) mass is 566 g/mol. The molecule has 6 aromatic rings. The summed E-state index contributed by atoms with van der Waals surface area (Å²) in [4.78, 5) is 12.0. The van der Waals surface area contributed by atoms with Gasteiger partial charge in [-0.1, -0.05) is 122 Å². The zero-order chi connectivity index (χ0) is 29.6. The van der Waals surface area contributed by atoms with E-state index in [4.69, 9.17) is 9.97 Å². The van der Waals surface area contributed by atoms with Crippen LogP contribution in [0, 0.1) is 0 Å². The van der Waals surface area contributed by atoms with E-state index in [9.17, 15) is 0 Å². The summed E-state index contributed by atoms with van der Waals surface area (Å²) >= 11 is 1.80. The quantitative estimate of drug-likeness (QED) is 0.208. The topological polar surface area (TPSA) is 25.8 Å². The second-order valence-corrected chi connectivity index (χ2v) is 15.5. The molecule has 0 bridgehead atoms. The minimum absolute atomic E-state index is 0.0850. The Labute approximate surface area is 253 Å². The van der Waals surface area contributed by atoms with Gasteiger partial charge in [-0.05, 0) is 72.7 Å². The van der Waals surface area contributed by atoms with Crippen LogP contribution in [-0.2, 0) is 16.2 Å². The van der Waals surface area contributed by atoms with E-state index >= 15 is 0 Å². The third kappa shape index (κ3) is 4.21. The van der Waals surface area contributed by atoms with E-state index in [1.54, 1.807) is 17.7 Å². The van der Waals surface area contributed by atoms with Crippen LogP contribution >= 0.6 is 11.3 Å². The normalized spacial score (nSPS) is 14.4. The first-order chi connectivity index (χ1) is 19.8. The molecule has 2 heterocycles. The molecule has 4 aromatic carbocycles. The average Bonchev–Trinajstić information content (AvgIpc) is 3.36. The third-order valence-corrected chi connectivity index (χ3v) is 10.2. The molecule has 210 valence electrons. The van der Waals surface area contributed by atoms with Gasteiger partial charge in [0.05, 0.1) is 5.69 Å². The first kappa shape index (κ1) is 27.0. The number of nitrogens with zero attached hydrogens (tertiary/aromatic N) is 2. The standard InChI is InChI=1S/C39H38N2S/c1-37(2,3)28-17-27(18-29(21-28)38(4,5)6)23-13-15-24(16-14-23)35-33-32-34(40-22-41-36(32)42-35)30-19-25-11-9-10-12-26(25)20-31(30)39(33,7)8/h9-22H,1-8H3. The molecule has 0 amide bonds. The largest absolute Gasteiger partial charge is 0.236 e. The lowest BCUT2D eigenvalue weighted by Crippen LogP contribution is -2.24. The lowest BCUT2D eigenvalue weighted by atomic mass is 9.69. The summed E-state index contributed by atoms with van der Waals surface area (Å²) in [5.74, 6) is 0. The molecule has 7 rings (SSSR count). The van der Waals surface area contributed by atoms with Crippen molar-refractivity contribution < 1.29 is 0 Å². The minimum atomic E-state index is -0.189. The van der Waals surface area contributed by atoms with E-state index in [1.807, 2.05) is 0 Å². The molecular formula is C39H38N2S. The van der Waals surface area contributed by atoms with Gasteiger partial charge in [-0.2, -0.15) is 0 Å². The van der Waals surface area contributed by atoms with Gasteiger partial charge >= 0.3 is 0 Å². The number of hydrogen-bond donors (Lipinski definition) is 0. The molecule has 0 unspecified atom stereocenters. The van der Waals surface area contributed by atoms with Crippen molar-refractivity contribution in [3.05, 3.63) is 107 Å². The molecule has 0 fully saturated rings. The number of fused-ring (bicyclic) bond motifs is 3. The Morgan fingerprint density at radius 3 is 1.86 bits per heavy atom. The molecular weight excluding hydrogens is 529 g/mol. The summed E-state index contributed by atoms with van der Waals surface area (Å²) in [6, 6.07) is 29.7. The summed E-state index contributed by atoms with van der Waals surface area (Å²) in [5, 5.41) is 3.73. The van der Waals surface area contributed by atoms with E-state index in [0.717, 1.165) is 10.5 Å². The number of thiophene rings is 1. The van der Waals surface area contributed by atoms with Crippen molar-refractivity contribution in [2.24, 2.45) is 0 Å². The molecule has 1 aliphatic rings. The smallest absolute Gasteiger partial charge is 0.128 e. The van der Waals surface area contributed by atoms with E-state index in [-0.39, 0.29) is 16.2 Å². The van der Waals surface area contributed by atoms with Crippen molar-refractivity contribution in [1.29, 1.82) is 0 Å². The second-order valence-electron chi connectivity index (χ2n) is 14.5. The van der Waals surface area contributed by atoms with Crippen LogP contribution in [0.5, 0.6) is 0 Å². The Morgan fingerprint density at radius 1 is 0.643 bits per heavy atom. The zero-order valence-electron chi connectivity index (χ0n) is 25.9. The molecule has 2 aromatic heterocycles. The van der Waals surface area contributed by atoms with Crippen molar-refractivity contribution in [1.82, 2.24) is 9.97 Å². The van der Waals surface area contributed by atoms with Crippen LogP contribution in [0.1, 0.15) is 77.6 Å². The second kappa shape index (κ2) is 9.09. The zero-order valence-corrected chi connectivity index (χ0v) is 26.7. The van der Waals surface area contributed by atoms with Crippen molar-refractivity contribution in [3.8, 4) is 32.8 Å². The van der Waals surface area contributed by atoms with Crippen LogP contribution in [0.15, 0.2) is 85.2 Å². The highest BCUT2D eigenvalue weighted by molar-refractivity contribution is 7.22. The SMILES string of the molecule is CC(C)(C)c1cc(-c2ccc(-c3sc4ncnc5c4c3C(C)(C)c3cc4ccccc4cc3-5)cc2)cc(C(C)(C)C)c1. The van der Waals surface area contributed by atoms with E-state index in [1.165, 1.54) is 65.5 Å². The molecule has 0 radical (unpaired) electrons. The van der Waals surface area contributed by atoms with Crippen molar-refractivity contribution in [2.75, 3.05) is 0 Å². The van der Waals surface area contributed by atoms with Crippen molar-refractivity contribution >= 4 is 32.3 Å². The first-order valence-electron chi connectivity index (χ1n) is 14.9. The highest BCUT2D eigenvalue weighted by atomic mass is 32.1. The Balaban J connectivity index is 1.39. The van der Waals surface area contributed by atoms with Crippen LogP contribution < -0.4 is 0 Å². The van der Waals surface area contributed by atoms with Crippen LogP contribution in [0.2, 0.25) is 0 Å². The molecule has 0 saturated carbocycles.